The largest absolute Gasteiger partial charge is 0.494 e. The van der Waals surface area contributed by atoms with Gasteiger partial charge in [0.25, 0.3) is 5.91 Å². The van der Waals surface area contributed by atoms with Crippen molar-refractivity contribution < 1.29 is 19.4 Å². The number of nitrogens with zero attached hydrogens (tertiary/aromatic N) is 2. The summed E-state index contributed by atoms with van der Waals surface area (Å²) in [6.07, 6.45) is 6.38. The summed E-state index contributed by atoms with van der Waals surface area (Å²) in [5, 5.41) is 14.2. The van der Waals surface area contributed by atoms with Crippen LogP contribution in [0.4, 0.5) is 0 Å². The van der Waals surface area contributed by atoms with Crippen LogP contribution in [0.5, 0.6) is 17.5 Å². The van der Waals surface area contributed by atoms with E-state index in [2.05, 4.69) is 10.3 Å². The zero-order valence-corrected chi connectivity index (χ0v) is 16.4. The highest BCUT2D eigenvalue weighted by molar-refractivity contribution is 5.86. The number of para-hydroxylation sites is 1. The highest BCUT2D eigenvalue weighted by Gasteiger charge is 2.22. The van der Waals surface area contributed by atoms with Gasteiger partial charge in [0.2, 0.25) is 11.8 Å². The summed E-state index contributed by atoms with van der Waals surface area (Å²) in [4.78, 5) is 16.7. The quantitative estimate of drug-likeness (QED) is 0.639. The fraction of sp³-hybridized carbons (Fsp3) is 0.364. The molecule has 0 unspecified atom stereocenters. The number of carbonyl (C=O) groups is 1. The third-order valence-corrected chi connectivity index (χ3v) is 5.34. The zero-order chi connectivity index (χ0) is 20.2. The van der Waals surface area contributed by atoms with E-state index in [1.807, 2.05) is 35.0 Å². The van der Waals surface area contributed by atoms with Gasteiger partial charge in [0.05, 0.1) is 18.0 Å². The predicted octanol–water partition coefficient (Wildman–Crippen LogP) is 3.56. The number of amides is 1. The fourth-order valence-corrected chi connectivity index (χ4v) is 3.84. The van der Waals surface area contributed by atoms with E-state index in [0.717, 1.165) is 12.8 Å². The molecule has 3 aromatic rings. The van der Waals surface area contributed by atoms with Crippen LogP contribution in [0.25, 0.3) is 10.9 Å². The number of aromatic nitrogens is 2. The molecule has 2 aromatic heterocycles. The summed E-state index contributed by atoms with van der Waals surface area (Å²) in [6, 6.07) is 11.3. The molecule has 0 saturated heterocycles. The lowest BCUT2D eigenvalue weighted by atomic mass is 10.2. The number of ether oxygens (including phenoxy) is 2. The summed E-state index contributed by atoms with van der Waals surface area (Å²) in [6.45, 7) is 0.155. The number of fused-ring (bicyclic) bond motifs is 1. The van der Waals surface area contributed by atoms with Crippen molar-refractivity contribution >= 4 is 16.8 Å². The molecule has 0 aliphatic heterocycles. The predicted molar refractivity (Wildman–Crippen MR) is 109 cm³/mol. The lowest BCUT2D eigenvalue weighted by molar-refractivity contribution is -0.123. The van der Waals surface area contributed by atoms with Crippen LogP contribution in [0.3, 0.4) is 0 Å². The van der Waals surface area contributed by atoms with E-state index in [-0.39, 0.29) is 24.9 Å². The molecular weight excluding hydrogens is 370 g/mol. The number of aromatic hydroxyl groups is 1. The molecule has 1 fully saturated rings. The molecule has 7 heteroatoms. The van der Waals surface area contributed by atoms with Gasteiger partial charge in [-0.15, -0.1) is 0 Å². The van der Waals surface area contributed by atoms with Crippen molar-refractivity contribution in [3.05, 3.63) is 48.2 Å². The smallest absolute Gasteiger partial charge is 0.258 e. The lowest BCUT2D eigenvalue weighted by Gasteiger charge is -2.12. The van der Waals surface area contributed by atoms with Crippen LogP contribution in [0.2, 0.25) is 0 Å². The van der Waals surface area contributed by atoms with Crippen molar-refractivity contribution in [2.45, 2.75) is 38.3 Å². The molecule has 2 heterocycles. The minimum atomic E-state index is -0.247. The maximum absolute atomic E-state index is 12.1. The minimum Gasteiger partial charge on any atom is -0.494 e. The van der Waals surface area contributed by atoms with Gasteiger partial charge in [0.15, 0.2) is 6.61 Å². The van der Waals surface area contributed by atoms with Crippen molar-refractivity contribution in [2.75, 3.05) is 13.7 Å². The second kappa shape index (κ2) is 8.43. The van der Waals surface area contributed by atoms with Crippen LogP contribution in [-0.2, 0) is 11.3 Å². The van der Waals surface area contributed by atoms with Gasteiger partial charge in [-0.3, -0.25) is 4.79 Å². The molecule has 2 N–H and O–H groups in total. The second-order valence-electron chi connectivity index (χ2n) is 7.27. The minimum absolute atomic E-state index is 0.0781. The molecule has 29 heavy (non-hydrogen) atoms. The number of hydrogen-bond donors (Lipinski definition) is 2. The van der Waals surface area contributed by atoms with Crippen molar-refractivity contribution in [3.8, 4) is 17.5 Å². The monoisotopic (exact) mass is 395 g/mol. The molecule has 0 spiro atoms. The Balaban J connectivity index is 1.47. The molecule has 4 rings (SSSR count). The first kappa shape index (κ1) is 19.1. The third-order valence-electron chi connectivity index (χ3n) is 5.34. The van der Waals surface area contributed by atoms with Crippen LogP contribution in [0.1, 0.15) is 37.3 Å². The Hall–Kier alpha value is -3.22. The average molecular weight is 395 g/mol. The Labute approximate surface area is 169 Å². The molecular formula is C22H25N3O4. The summed E-state index contributed by atoms with van der Waals surface area (Å²) in [7, 11) is 1.55. The van der Waals surface area contributed by atoms with Crippen molar-refractivity contribution in [1.82, 2.24) is 14.9 Å². The number of pyridine rings is 1. The maximum Gasteiger partial charge on any atom is 0.258 e. The first-order valence-corrected chi connectivity index (χ1v) is 9.87. The molecule has 7 nitrogen and oxygen atoms in total. The molecule has 0 radical (unpaired) electrons. The average Bonchev–Trinajstić information content (AvgIpc) is 3.39. The maximum atomic E-state index is 12.1. The Morgan fingerprint density at radius 3 is 2.76 bits per heavy atom. The first-order valence-electron chi connectivity index (χ1n) is 9.87. The Morgan fingerprint density at radius 1 is 1.28 bits per heavy atom. The van der Waals surface area contributed by atoms with Gasteiger partial charge in [-0.1, -0.05) is 31.0 Å². The topological polar surface area (TPSA) is 85.6 Å². The van der Waals surface area contributed by atoms with E-state index >= 15 is 0 Å². The van der Waals surface area contributed by atoms with Crippen molar-refractivity contribution in [1.29, 1.82) is 0 Å². The molecule has 1 aliphatic rings. The van der Waals surface area contributed by atoms with E-state index in [0.29, 0.717) is 34.1 Å². The Kier molecular flexibility index (Phi) is 5.55. The van der Waals surface area contributed by atoms with Gasteiger partial charge in [-0.05, 0) is 31.0 Å². The van der Waals surface area contributed by atoms with Crippen LogP contribution >= 0.6 is 0 Å². The summed E-state index contributed by atoms with van der Waals surface area (Å²) in [5.74, 6) is 1.05. The second-order valence-corrected chi connectivity index (χ2v) is 7.27. The summed E-state index contributed by atoms with van der Waals surface area (Å²) in [5.41, 5.74) is 1.39. The summed E-state index contributed by atoms with van der Waals surface area (Å²) < 4.78 is 12.8. The SMILES string of the molecule is COc1nc2cn(C3CCCC3)c(O)c2cc1CNC(=O)COc1ccccc1. The van der Waals surface area contributed by atoms with Gasteiger partial charge in [-0.25, -0.2) is 4.98 Å². The molecule has 1 amide bonds. The van der Waals surface area contributed by atoms with Crippen molar-refractivity contribution in [3.63, 3.8) is 0 Å². The van der Waals surface area contributed by atoms with Crippen LogP contribution in [0.15, 0.2) is 42.6 Å². The van der Waals surface area contributed by atoms with E-state index in [1.165, 1.54) is 12.8 Å². The Bertz CT molecular complexity index is 994. The zero-order valence-electron chi connectivity index (χ0n) is 16.4. The van der Waals surface area contributed by atoms with Crippen LogP contribution < -0.4 is 14.8 Å². The fourth-order valence-electron chi connectivity index (χ4n) is 3.84. The van der Waals surface area contributed by atoms with E-state index in [9.17, 15) is 9.90 Å². The normalized spacial score (nSPS) is 14.2. The van der Waals surface area contributed by atoms with Gasteiger partial charge < -0.3 is 24.5 Å². The standard InChI is InChI=1S/C22H25N3O4/c1-28-21-15(12-23-20(26)14-29-17-9-3-2-4-10-17)11-18-19(24-21)13-25(22(18)27)16-7-5-6-8-16/h2-4,9-11,13,16,27H,5-8,12,14H2,1H3,(H,23,26). The number of benzene rings is 1. The van der Waals surface area contributed by atoms with Crippen LogP contribution in [0, 0.1) is 0 Å². The highest BCUT2D eigenvalue weighted by Crippen LogP contribution is 2.38. The highest BCUT2D eigenvalue weighted by atomic mass is 16.5. The van der Waals surface area contributed by atoms with Gasteiger partial charge in [0.1, 0.15) is 5.75 Å². The van der Waals surface area contributed by atoms with Gasteiger partial charge in [0, 0.05) is 24.3 Å². The molecule has 1 saturated carbocycles. The van der Waals surface area contributed by atoms with E-state index in [4.69, 9.17) is 9.47 Å². The number of nitrogens with one attached hydrogen (secondary N) is 1. The molecule has 0 atom stereocenters. The van der Waals surface area contributed by atoms with Crippen molar-refractivity contribution in [2.24, 2.45) is 0 Å². The molecule has 1 aliphatic carbocycles. The first-order chi connectivity index (χ1) is 14.2. The van der Waals surface area contributed by atoms with E-state index < -0.39 is 0 Å². The Morgan fingerprint density at radius 2 is 2.03 bits per heavy atom. The molecule has 152 valence electrons. The number of methoxy groups -OCH3 is 1. The molecule has 0 bridgehead atoms. The van der Waals surface area contributed by atoms with Crippen LogP contribution in [-0.4, -0.2) is 34.3 Å². The number of rotatable bonds is 7. The van der Waals surface area contributed by atoms with Gasteiger partial charge >= 0.3 is 0 Å². The van der Waals surface area contributed by atoms with Gasteiger partial charge in [-0.2, -0.15) is 0 Å². The number of hydrogen-bond acceptors (Lipinski definition) is 5. The lowest BCUT2D eigenvalue weighted by Crippen LogP contribution is -2.28. The molecule has 1 aromatic carbocycles. The summed E-state index contributed by atoms with van der Waals surface area (Å²) >= 11 is 0. The van der Waals surface area contributed by atoms with E-state index in [1.54, 1.807) is 19.2 Å². The number of carbonyl (C=O) groups excluding carboxylic acids is 1. The third kappa shape index (κ3) is 4.13.